The third-order valence-corrected chi connectivity index (χ3v) is 2.49. The summed E-state index contributed by atoms with van der Waals surface area (Å²) >= 11 is 0. The monoisotopic (exact) mass is 226 g/mol. The maximum absolute atomic E-state index is 13.0. The zero-order valence-corrected chi connectivity index (χ0v) is 9.37. The second-order valence-electron chi connectivity index (χ2n) is 3.68. The summed E-state index contributed by atoms with van der Waals surface area (Å²) in [6.45, 7) is 1.99. The summed E-state index contributed by atoms with van der Waals surface area (Å²) < 4.78 is 17.9. The molecule has 1 aromatic carbocycles. The van der Waals surface area contributed by atoms with Crippen LogP contribution in [-0.2, 0) is 9.53 Å². The minimum absolute atomic E-state index is 0.320. The van der Waals surface area contributed by atoms with E-state index in [1.807, 2.05) is 0 Å². The largest absolute Gasteiger partial charge is 0.481 e. The molecule has 3 nitrogen and oxygen atoms in total. The number of carbonyl (C=O) groups is 1. The molecule has 1 N–H and O–H groups in total. The predicted molar refractivity (Wildman–Crippen MR) is 58.0 cm³/mol. The van der Waals surface area contributed by atoms with Gasteiger partial charge in [0.15, 0.2) is 0 Å². The Morgan fingerprint density at radius 2 is 2.25 bits per heavy atom. The van der Waals surface area contributed by atoms with E-state index in [1.54, 1.807) is 13.0 Å². The quantitative estimate of drug-likeness (QED) is 0.838. The fourth-order valence-corrected chi connectivity index (χ4v) is 1.55. The van der Waals surface area contributed by atoms with Gasteiger partial charge < -0.3 is 9.84 Å². The molecule has 0 bridgehead atoms. The van der Waals surface area contributed by atoms with Gasteiger partial charge in [-0.05, 0) is 30.5 Å². The molecule has 1 rings (SSSR count). The first kappa shape index (κ1) is 12.6. The van der Waals surface area contributed by atoms with Crippen molar-refractivity contribution >= 4 is 5.97 Å². The van der Waals surface area contributed by atoms with E-state index in [0.717, 1.165) is 0 Å². The number of carboxylic acid groups (broad SMARTS) is 1. The first-order valence-corrected chi connectivity index (χ1v) is 5.04. The molecule has 1 aromatic rings. The molecule has 0 amide bonds. The zero-order chi connectivity index (χ0) is 12.1. The molecule has 0 radical (unpaired) electrons. The van der Waals surface area contributed by atoms with Gasteiger partial charge in [0, 0.05) is 13.7 Å². The number of hydrogen-bond donors (Lipinski definition) is 1. The average Bonchev–Trinajstić information content (AvgIpc) is 2.23. The Morgan fingerprint density at radius 1 is 1.56 bits per heavy atom. The van der Waals surface area contributed by atoms with E-state index >= 15 is 0 Å². The minimum atomic E-state index is -0.914. The normalized spacial score (nSPS) is 12.4. The number of aryl methyl sites for hydroxylation is 1. The molecule has 1 atom stereocenters. The van der Waals surface area contributed by atoms with Crippen LogP contribution in [0, 0.1) is 12.7 Å². The second-order valence-corrected chi connectivity index (χ2v) is 3.68. The lowest BCUT2D eigenvalue weighted by atomic mass is 9.95. The fourth-order valence-electron chi connectivity index (χ4n) is 1.55. The van der Waals surface area contributed by atoms with Crippen LogP contribution < -0.4 is 0 Å². The third kappa shape index (κ3) is 3.03. The Morgan fingerprint density at radius 3 is 2.75 bits per heavy atom. The Kier molecular flexibility index (Phi) is 4.43. The van der Waals surface area contributed by atoms with Gasteiger partial charge in [-0.15, -0.1) is 0 Å². The van der Waals surface area contributed by atoms with Crippen molar-refractivity contribution in [2.75, 3.05) is 13.7 Å². The smallest absolute Gasteiger partial charge is 0.311 e. The van der Waals surface area contributed by atoms with Gasteiger partial charge in [0.2, 0.25) is 0 Å². The van der Waals surface area contributed by atoms with Gasteiger partial charge in [0.05, 0.1) is 5.92 Å². The Hall–Kier alpha value is -1.42. The van der Waals surface area contributed by atoms with Crippen LogP contribution >= 0.6 is 0 Å². The lowest BCUT2D eigenvalue weighted by Crippen LogP contribution is -2.14. The van der Waals surface area contributed by atoms with Gasteiger partial charge in [0.25, 0.3) is 0 Å². The predicted octanol–water partition coefficient (Wildman–Crippen LogP) is 2.34. The maximum atomic E-state index is 13.0. The summed E-state index contributed by atoms with van der Waals surface area (Å²) in [5.41, 5.74) is 1.07. The number of benzene rings is 1. The third-order valence-electron chi connectivity index (χ3n) is 2.49. The molecule has 88 valence electrons. The molecule has 0 aromatic heterocycles. The molecule has 0 spiro atoms. The van der Waals surface area contributed by atoms with Crippen molar-refractivity contribution in [1.82, 2.24) is 0 Å². The van der Waals surface area contributed by atoms with E-state index in [-0.39, 0.29) is 5.82 Å². The van der Waals surface area contributed by atoms with Crippen LogP contribution in [0.3, 0.4) is 0 Å². The number of rotatable bonds is 5. The van der Waals surface area contributed by atoms with Crippen LogP contribution in [0.4, 0.5) is 4.39 Å². The Labute approximate surface area is 93.9 Å². The van der Waals surface area contributed by atoms with Gasteiger partial charge in [-0.25, -0.2) is 4.39 Å². The molecule has 0 saturated heterocycles. The van der Waals surface area contributed by atoms with Crippen LogP contribution in [-0.4, -0.2) is 24.8 Å². The molecule has 0 aliphatic heterocycles. The van der Waals surface area contributed by atoms with E-state index in [9.17, 15) is 9.18 Å². The first-order chi connectivity index (χ1) is 7.56. The van der Waals surface area contributed by atoms with E-state index < -0.39 is 11.9 Å². The molecule has 16 heavy (non-hydrogen) atoms. The summed E-state index contributed by atoms with van der Waals surface area (Å²) in [6, 6.07) is 4.38. The van der Waals surface area contributed by atoms with Crippen molar-refractivity contribution in [3.8, 4) is 0 Å². The first-order valence-electron chi connectivity index (χ1n) is 5.04. The van der Waals surface area contributed by atoms with E-state index in [1.165, 1.54) is 19.2 Å². The molecule has 0 aliphatic carbocycles. The van der Waals surface area contributed by atoms with Gasteiger partial charge in [-0.3, -0.25) is 4.79 Å². The van der Waals surface area contributed by atoms with Crippen molar-refractivity contribution in [1.29, 1.82) is 0 Å². The van der Waals surface area contributed by atoms with Gasteiger partial charge >= 0.3 is 5.97 Å². The van der Waals surface area contributed by atoms with Crippen molar-refractivity contribution in [2.45, 2.75) is 19.3 Å². The molecular formula is C12H15FO3. The Balaban J connectivity index is 2.92. The number of halogens is 1. The molecule has 0 fully saturated rings. The van der Waals surface area contributed by atoms with Crippen molar-refractivity contribution in [3.63, 3.8) is 0 Å². The van der Waals surface area contributed by atoms with E-state index in [4.69, 9.17) is 9.84 Å². The molecular weight excluding hydrogens is 211 g/mol. The lowest BCUT2D eigenvalue weighted by Gasteiger charge is -2.13. The van der Waals surface area contributed by atoms with Crippen LogP contribution in [0.1, 0.15) is 23.5 Å². The van der Waals surface area contributed by atoms with Crippen LogP contribution in [0.15, 0.2) is 18.2 Å². The highest BCUT2D eigenvalue weighted by Crippen LogP contribution is 2.22. The van der Waals surface area contributed by atoms with Crippen molar-refractivity contribution < 1.29 is 19.0 Å². The van der Waals surface area contributed by atoms with Gasteiger partial charge in [0.1, 0.15) is 5.82 Å². The van der Waals surface area contributed by atoms with Crippen LogP contribution in [0.25, 0.3) is 0 Å². The second kappa shape index (κ2) is 5.61. The molecule has 0 aliphatic rings. The van der Waals surface area contributed by atoms with E-state index in [0.29, 0.717) is 24.2 Å². The van der Waals surface area contributed by atoms with E-state index in [2.05, 4.69) is 0 Å². The van der Waals surface area contributed by atoms with Gasteiger partial charge in [-0.2, -0.15) is 0 Å². The van der Waals surface area contributed by atoms with Crippen molar-refractivity contribution in [3.05, 3.63) is 35.1 Å². The topological polar surface area (TPSA) is 46.5 Å². The highest BCUT2D eigenvalue weighted by molar-refractivity contribution is 5.76. The SMILES string of the molecule is COCCC(C(=O)O)c1ccc(F)c(C)c1. The zero-order valence-electron chi connectivity index (χ0n) is 9.37. The minimum Gasteiger partial charge on any atom is -0.481 e. The highest BCUT2D eigenvalue weighted by Gasteiger charge is 2.19. The molecule has 1 unspecified atom stereocenters. The van der Waals surface area contributed by atoms with Gasteiger partial charge in [-0.1, -0.05) is 12.1 Å². The number of hydrogen-bond acceptors (Lipinski definition) is 2. The summed E-state index contributed by atoms with van der Waals surface area (Å²) in [5.74, 6) is -1.87. The molecule has 4 heteroatoms. The highest BCUT2D eigenvalue weighted by atomic mass is 19.1. The fraction of sp³-hybridized carbons (Fsp3) is 0.417. The number of ether oxygens (including phenoxy) is 1. The molecule has 0 heterocycles. The lowest BCUT2D eigenvalue weighted by molar-refractivity contribution is -0.139. The number of aliphatic carboxylic acids is 1. The standard InChI is InChI=1S/C12H15FO3/c1-8-7-9(3-4-11(8)13)10(12(14)15)5-6-16-2/h3-4,7,10H,5-6H2,1-2H3,(H,14,15). The van der Waals surface area contributed by atoms with Crippen molar-refractivity contribution in [2.24, 2.45) is 0 Å². The van der Waals surface area contributed by atoms with Crippen LogP contribution in [0.5, 0.6) is 0 Å². The summed E-state index contributed by atoms with van der Waals surface area (Å²) in [7, 11) is 1.52. The summed E-state index contributed by atoms with van der Waals surface area (Å²) in [5, 5.41) is 9.06. The number of carboxylic acids is 1. The molecule has 0 saturated carbocycles. The Bertz CT molecular complexity index is 377. The number of methoxy groups -OCH3 is 1. The summed E-state index contributed by atoms with van der Waals surface area (Å²) in [4.78, 5) is 11.1. The summed E-state index contributed by atoms with van der Waals surface area (Å²) in [6.07, 6.45) is 0.386. The average molecular weight is 226 g/mol. The maximum Gasteiger partial charge on any atom is 0.311 e. The van der Waals surface area contributed by atoms with Crippen LogP contribution in [0.2, 0.25) is 0 Å².